The highest BCUT2D eigenvalue weighted by Crippen LogP contribution is 2.15. The second-order valence-electron chi connectivity index (χ2n) is 2.90. The van der Waals surface area contributed by atoms with Gasteiger partial charge < -0.3 is 0 Å². The first-order valence-corrected chi connectivity index (χ1v) is 4.11. The summed E-state index contributed by atoms with van der Waals surface area (Å²) in [6.45, 7) is 2.06. The molecule has 0 saturated carbocycles. The van der Waals surface area contributed by atoms with E-state index in [0.29, 0.717) is 0 Å². The van der Waals surface area contributed by atoms with E-state index in [1.54, 1.807) is 12.4 Å². The Hall–Kier alpha value is -1.70. The average molecular weight is 169 g/mol. The van der Waals surface area contributed by atoms with Crippen molar-refractivity contribution in [3.63, 3.8) is 0 Å². The summed E-state index contributed by atoms with van der Waals surface area (Å²) in [4.78, 5) is 8.08. The van der Waals surface area contributed by atoms with Crippen molar-refractivity contribution in [3.05, 3.63) is 48.4 Å². The zero-order valence-electron chi connectivity index (χ0n) is 7.36. The number of hydrogen-bond donors (Lipinski definition) is 0. The Morgan fingerprint density at radius 1 is 1.31 bits per heavy atom. The van der Waals surface area contributed by atoms with Gasteiger partial charge in [-0.3, -0.25) is 4.98 Å². The van der Waals surface area contributed by atoms with Crippen molar-refractivity contribution >= 4 is 0 Å². The van der Waals surface area contributed by atoms with E-state index in [1.165, 1.54) is 5.56 Å². The van der Waals surface area contributed by atoms with Gasteiger partial charge in [0.15, 0.2) is 0 Å². The molecule has 0 fully saturated rings. The van der Waals surface area contributed by atoms with Crippen LogP contribution in [0.1, 0.15) is 5.56 Å². The second kappa shape index (κ2) is 3.35. The summed E-state index contributed by atoms with van der Waals surface area (Å²) in [7, 11) is 0. The molecule has 0 unspecified atom stereocenters. The lowest BCUT2D eigenvalue weighted by Gasteiger charge is -1.99. The number of aryl methyl sites for hydroxylation is 1. The van der Waals surface area contributed by atoms with Gasteiger partial charge >= 0.3 is 0 Å². The Kier molecular flexibility index (Phi) is 2.04. The molecule has 2 nitrogen and oxygen atoms in total. The fourth-order valence-corrected chi connectivity index (χ4v) is 1.21. The van der Waals surface area contributed by atoms with Crippen LogP contribution < -0.4 is 0 Å². The molecule has 0 N–H and O–H groups in total. The summed E-state index contributed by atoms with van der Waals surface area (Å²) < 4.78 is 0. The molecule has 1 aromatic heterocycles. The third-order valence-corrected chi connectivity index (χ3v) is 1.83. The lowest BCUT2D eigenvalue weighted by atomic mass is 10.1. The average Bonchev–Trinajstić information content (AvgIpc) is 2.19. The fraction of sp³-hybridized carbons (Fsp3) is 0.0909. The van der Waals surface area contributed by atoms with E-state index >= 15 is 0 Å². The highest BCUT2D eigenvalue weighted by molar-refractivity contribution is 5.58. The van der Waals surface area contributed by atoms with Crippen molar-refractivity contribution in [2.45, 2.75) is 6.92 Å². The van der Waals surface area contributed by atoms with Crippen LogP contribution in [0.2, 0.25) is 0 Å². The number of benzene rings is 1. The van der Waals surface area contributed by atoms with E-state index in [1.807, 2.05) is 12.1 Å². The van der Waals surface area contributed by atoms with Crippen LogP contribution in [0.5, 0.6) is 0 Å². The smallest absolute Gasteiger partial charge is 0.109 e. The number of rotatable bonds is 1. The van der Waals surface area contributed by atoms with Crippen molar-refractivity contribution in [3.8, 4) is 11.3 Å². The molecule has 63 valence electrons. The lowest BCUT2D eigenvalue weighted by molar-refractivity contribution is 1.19. The molecule has 0 atom stereocenters. The lowest BCUT2D eigenvalue weighted by Crippen LogP contribution is -1.84. The van der Waals surface area contributed by atoms with Crippen LogP contribution in [0.25, 0.3) is 11.3 Å². The Labute approximate surface area is 77.3 Å². The molecule has 0 saturated heterocycles. The van der Waals surface area contributed by atoms with Gasteiger partial charge in [0, 0.05) is 5.56 Å². The molecule has 0 aliphatic rings. The van der Waals surface area contributed by atoms with E-state index < -0.39 is 0 Å². The first kappa shape index (κ1) is 7.92. The Balaban J connectivity index is 2.48. The van der Waals surface area contributed by atoms with Gasteiger partial charge in [-0.15, -0.1) is 0 Å². The summed E-state index contributed by atoms with van der Waals surface area (Å²) in [5.74, 6) is 0. The Morgan fingerprint density at radius 2 is 2.23 bits per heavy atom. The molecule has 0 amide bonds. The van der Waals surface area contributed by atoms with E-state index in [9.17, 15) is 0 Å². The van der Waals surface area contributed by atoms with Gasteiger partial charge in [-0.1, -0.05) is 23.8 Å². The van der Waals surface area contributed by atoms with E-state index in [2.05, 4.69) is 35.2 Å². The van der Waals surface area contributed by atoms with Crippen molar-refractivity contribution in [2.75, 3.05) is 0 Å². The van der Waals surface area contributed by atoms with Gasteiger partial charge in [-0.25, -0.2) is 4.98 Å². The molecule has 1 aromatic carbocycles. The van der Waals surface area contributed by atoms with Crippen LogP contribution in [0.4, 0.5) is 0 Å². The largest absolute Gasteiger partial charge is 0.260 e. The van der Waals surface area contributed by atoms with E-state index in [4.69, 9.17) is 0 Å². The second-order valence-corrected chi connectivity index (χ2v) is 2.90. The summed E-state index contributed by atoms with van der Waals surface area (Å²) >= 11 is 0. The number of aromatic nitrogens is 2. The monoisotopic (exact) mass is 169 g/mol. The Morgan fingerprint density at radius 3 is 2.92 bits per heavy atom. The van der Waals surface area contributed by atoms with Crippen molar-refractivity contribution in [1.29, 1.82) is 0 Å². The zero-order valence-corrected chi connectivity index (χ0v) is 7.36. The van der Waals surface area contributed by atoms with Gasteiger partial charge in [-0.2, -0.15) is 0 Å². The van der Waals surface area contributed by atoms with E-state index in [-0.39, 0.29) is 0 Å². The molecular weight excluding hydrogens is 160 g/mol. The van der Waals surface area contributed by atoms with Gasteiger partial charge in [0.25, 0.3) is 0 Å². The third-order valence-electron chi connectivity index (χ3n) is 1.83. The highest BCUT2D eigenvalue weighted by atomic mass is 14.8. The van der Waals surface area contributed by atoms with Crippen molar-refractivity contribution < 1.29 is 0 Å². The summed E-state index contributed by atoms with van der Waals surface area (Å²) in [5, 5.41) is 0. The normalized spacial score (nSPS) is 9.92. The van der Waals surface area contributed by atoms with Gasteiger partial charge in [0.1, 0.15) is 6.20 Å². The maximum Gasteiger partial charge on any atom is 0.109 e. The van der Waals surface area contributed by atoms with Crippen molar-refractivity contribution in [1.82, 2.24) is 9.97 Å². The van der Waals surface area contributed by atoms with Gasteiger partial charge in [0.2, 0.25) is 0 Å². The van der Waals surface area contributed by atoms with Crippen LogP contribution >= 0.6 is 0 Å². The van der Waals surface area contributed by atoms with Crippen LogP contribution in [0.15, 0.2) is 36.7 Å². The Bertz CT molecular complexity index is 396. The summed E-state index contributed by atoms with van der Waals surface area (Å²) in [6.07, 6.45) is 6.01. The number of hydrogen-bond acceptors (Lipinski definition) is 2. The van der Waals surface area contributed by atoms with Crippen molar-refractivity contribution in [2.24, 2.45) is 0 Å². The first-order valence-electron chi connectivity index (χ1n) is 4.11. The maximum atomic E-state index is 4.10. The number of nitrogens with zero attached hydrogens (tertiary/aromatic N) is 2. The predicted molar refractivity (Wildman–Crippen MR) is 51.0 cm³/mol. The molecule has 2 heteroatoms. The minimum absolute atomic E-state index is 0.867. The molecule has 0 aliphatic heterocycles. The van der Waals surface area contributed by atoms with Crippen LogP contribution in [-0.4, -0.2) is 9.97 Å². The first-order chi connectivity index (χ1) is 6.36. The molecule has 0 spiro atoms. The predicted octanol–water partition coefficient (Wildman–Crippen LogP) is 2.25. The summed E-state index contributed by atoms with van der Waals surface area (Å²) in [6, 6.07) is 8.17. The highest BCUT2D eigenvalue weighted by Gasteiger charge is 1.97. The van der Waals surface area contributed by atoms with E-state index in [0.717, 1.165) is 11.3 Å². The molecule has 13 heavy (non-hydrogen) atoms. The fourth-order valence-electron chi connectivity index (χ4n) is 1.21. The molecule has 1 heterocycles. The third kappa shape index (κ3) is 1.72. The molecule has 2 rings (SSSR count). The van der Waals surface area contributed by atoms with Crippen LogP contribution in [0.3, 0.4) is 0 Å². The minimum Gasteiger partial charge on any atom is -0.260 e. The molecular formula is C11H9N2. The van der Waals surface area contributed by atoms with Crippen LogP contribution in [0, 0.1) is 13.1 Å². The molecule has 0 aliphatic carbocycles. The SMILES string of the molecule is Cc1cccc(-c2cnc[c]n2)c1. The molecule has 2 aromatic rings. The maximum absolute atomic E-state index is 4.10. The van der Waals surface area contributed by atoms with Gasteiger partial charge in [-0.05, 0) is 13.0 Å². The van der Waals surface area contributed by atoms with Crippen LogP contribution in [-0.2, 0) is 0 Å². The standard InChI is InChI=1S/C11H9N2/c1-9-3-2-4-10(7-9)11-8-12-5-6-13-11/h2-5,7-8H,1H3. The van der Waals surface area contributed by atoms with Gasteiger partial charge in [0.05, 0.1) is 18.1 Å². The topological polar surface area (TPSA) is 25.8 Å². The zero-order chi connectivity index (χ0) is 9.10. The molecule has 0 bridgehead atoms. The summed E-state index contributed by atoms with van der Waals surface area (Å²) in [5.41, 5.74) is 3.18. The molecule has 1 radical (unpaired) electrons. The quantitative estimate of drug-likeness (QED) is 0.654. The minimum atomic E-state index is 0.867.